The van der Waals surface area contributed by atoms with E-state index in [1.807, 2.05) is 0 Å². The number of nitrogens with one attached hydrogen (secondary N) is 1. The molecule has 2 atom stereocenters. The summed E-state index contributed by atoms with van der Waals surface area (Å²) in [7, 11) is -0.203. The van der Waals surface area contributed by atoms with E-state index in [0.29, 0.717) is 23.5 Å². The molecule has 1 aromatic carbocycles. The SMILES string of the molecule is COc1ccc(C2(C)NC(=O)N(CC(=O)N(C3CC3)C3CCS(=O)(=O)C3)C2=O)cc1OC. The number of ether oxygens (including phenoxy) is 2. The molecule has 32 heavy (non-hydrogen) atoms. The van der Waals surface area contributed by atoms with Crippen molar-refractivity contribution in [3.05, 3.63) is 23.8 Å². The van der Waals surface area contributed by atoms with E-state index in [9.17, 15) is 22.8 Å². The van der Waals surface area contributed by atoms with Gasteiger partial charge in [-0.1, -0.05) is 6.07 Å². The van der Waals surface area contributed by atoms with Crippen LogP contribution in [-0.2, 0) is 25.0 Å². The molecule has 11 heteroatoms. The molecule has 0 radical (unpaired) electrons. The molecule has 174 valence electrons. The topological polar surface area (TPSA) is 122 Å². The highest BCUT2D eigenvalue weighted by Gasteiger charge is 2.51. The van der Waals surface area contributed by atoms with Gasteiger partial charge in [0, 0.05) is 12.1 Å². The van der Waals surface area contributed by atoms with Gasteiger partial charge in [-0.05, 0) is 43.9 Å². The summed E-state index contributed by atoms with van der Waals surface area (Å²) in [5.74, 6) is -0.0964. The van der Waals surface area contributed by atoms with Crippen molar-refractivity contribution in [1.29, 1.82) is 0 Å². The van der Waals surface area contributed by atoms with Gasteiger partial charge in [0.05, 0.1) is 25.7 Å². The van der Waals surface area contributed by atoms with E-state index in [1.165, 1.54) is 14.2 Å². The quantitative estimate of drug-likeness (QED) is 0.587. The number of hydrogen-bond donors (Lipinski definition) is 1. The van der Waals surface area contributed by atoms with Crippen molar-refractivity contribution in [2.45, 2.75) is 43.8 Å². The van der Waals surface area contributed by atoms with Crippen molar-refractivity contribution in [2.24, 2.45) is 0 Å². The van der Waals surface area contributed by atoms with Gasteiger partial charge in [-0.2, -0.15) is 0 Å². The number of carbonyl (C=O) groups is 3. The average molecular weight is 466 g/mol. The lowest BCUT2D eigenvalue weighted by Crippen LogP contribution is -2.49. The Kier molecular flexibility index (Phi) is 5.56. The molecule has 4 rings (SSSR count). The number of amides is 4. The van der Waals surface area contributed by atoms with Gasteiger partial charge in [-0.15, -0.1) is 0 Å². The summed E-state index contributed by atoms with van der Waals surface area (Å²) in [6.45, 7) is 1.14. The summed E-state index contributed by atoms with van der Waals surface area (Å²) in [5, 5.41) is 2.68. The third kappa shape index (κ3) is 3.89. The second kappa shape index (κ2) is 7.95. The smallest absolute Gasteiger partial charge is 0.325 e. The molecule has 0 spiro atoms. The van der Waals surface area contributed by atoms with Crippen LogP contribution >= 0.6 is 0 Å². The summed E-state index contributed by atoms with van der Waals surface area (Å²) in [6.07, 6.45) is 1.98. The molecular formula is C21H27N3O7S. The van der Waals surface area contributed by atoms with E-state index in [4.69, 9.17) is 9.47 Å². The number of urea groups is 1. The largest absolute Gasteiger partial charge is 0.493 e. The first-order valence-electron chi connectivity index (χ1n) is 10.5. The van der Waals surface area contributed by atoms with E-state index in [2.05, 4.69) is 5.32 Å². The highest BCUT2D eigenvalue weighted by Crippen LogP contribution is 2.36. The summed E-state index contributed by atoms with van der Waals surface area (Å²) in [6, 6.07) is 3.81. The normalized spacial score (nSPS) is 26.7. The Labute approximate surface area is 186 Å². The molecule has 1 aromatic rings. The van der Waals surface area contributed by atoms with Gasteiger partial charge in [0.1, 0.15) is 12.1 Å². The Morgan fingerprint density at radius 2 is 1.84 bits per heavy atom. The molecule has 4 amide bonds. The number of sulfone groups is 1. The zero-order valence-corrected chi connectivity index (χ0v) is 19.1. The highest BCUT2D eigenvalue weighted by atomic mass is 32.2. The van der Waals surface area contributed by atoms with Gasteiger partial charge in [0.2, 0.25) is 5.91 Å². The lowest BCUT2D eigenvalue weighted by molar-refractivity contribution is -0.140. The average Bonchev–Trinajstić information content (AvgIpc) is 3.48. The third-order valence-electron chi connectivity index (χ3n) is 6.36. The lowest BCUT2D eigenvalue weighted by Gasteiger charge is -2.30. The molecule has 10 nitrogen and oxygen atoms in total. The van der Waals surface area contributed by atoms with Crippen molar-refractivity contribution in [1.82, 2.24) is 15.1 Å². The van der Waals surface area contributed by atoms with Crippen LogP contribution in [0.4, 0.5) is 4.79 Å². The standard InChI is InChI=1S/C21H27N3O7S/c1-21(13-4-7-16(30-2)17(10-13)31-3)19(26)23(20(27)22-21)11-18(25)24(14-5-6-14)15-8-9-32(28,29)12-15/h4,7,10,14-15H,5-6,8-9,11-12H2,1-3H3,(H,22,27). The van der Waals surface area contributed by atoms with Gasteiger partial charge >= 0.3 is 6.03 Å². The first kappa shape index (κ1) is 22.4. The Morgan fingerprint density at radius 3 is 2.41 bits per heavy atom. The Bertz CT molecular complexity index is 1070. The van der Waals surface area contributed by atoms with Crippen LogP contribution in [0.5, 0.6) is 11.5 Å². The third-order valence-corrected chi connectivity index (χ3v) is 8.11. The Morgan fingerprint density at radius 1 is 1.16 bits per heavy atom. The molecule has 0 bridgehead atoms. The fraction of sp³-hybridized carbons (Fsp3) is 0.571. The molecule has 2 aliphatic heterocycles. The van der Waals surface area contributed by atoms with E-state index in [-0.39, 0.29) is 17.5 Å². The molecule has 2 heterocycles. The van der Waals surface area contributed by atoms with Crippen LogP contribution in [0.1, 0.15) is 31.7 Å². The maximum absolute atomic E-state index is 13.3. The second-order valence-electron chi connectivity index (χ2n) is 8.61. The van der Waals surface area contributed by atoms with Crippen LogP contribution in [0.3, 0.4) is 0 Å². The first-order chi connectivity index (χ1) is 15.1. The monoisotopic (exact) mass is 465 g/mol. The highest BCUT2D eigenvalue weighted by molar-refractivity contribution is 7.91. The number of nitrogens with zero attached hydrogens (tertiary/aromatic N) is 2. The fourth-order valence-electron chi connectivity index (χ4n) is 4.45. The summed E-state index contributed by atoms with van der Waals surface area (Å²) >= 11 is 0. The van der Waals surface area contributed by atoms with Gasteiger partial charge in [0.25, 0.3) is 5.91 Å². The molecule has 3 aliphatic rings. The van der Waals surface area contributed by atoms with Crippen molar-refractivity contribution in [2.75, 3.05) is 32.3 Å². The maximum Gasteiger partial charge on any atom is 0.325 e. The molecule has 1 aliphatic carbocycles. The van der Waals surface area contributed by atoms with Crippen molar-refractivity contribution in [3.8, 4) is 11.5 Å². The number of imide groups is 1. The van der Waals surface area contributed by atoms with E-state index in [1.54, 1.807) is 30.0 Å². The number of rotatable bonds is 7. The Hall–Kier alpha value is -2.82. The van der Waals surface area contributed by atoms with Gasteiger partial charge in [0.15, 0.2) is 21.3 Å². The van der Waals surface area contributed by atoms with Crippen LogP contribution in [0, 0.1) is 0 Å². The van der Waals surface area contributed by atoms with E-state index >= 15 is 0 Å². The molecule has 0 aromatic heterocycles. The minimum absolute atomic E-state index is 0.0289. The maximum atomic E-state index is 13.3. The molecule has 2 saturated heterocycles. The predicted octanol–water partition coefficient (Wildman–Crippen LogP) is 0.649. The van der Waals surface area contributed by atoms with Crippen LogP contribution in [0.25, 0.3) is 0 Å². The van der Waals surface area contributed by atoms with E-state index in [0.717, 1.165) is 17.7 Å². The van der Waals surface area contributed by atoms with E-state index < -0.39 is 45.8 Å². The molecular weight excluding hydrogens is 438 g/mol. The van der Waals surface area contributed by atoms with Crippen LogP contribution < -0.4 is 14.8 Å². The van der Waals surface area contributed by atoms with Crippen molar-refractivity contribution in [3.63, 3.8) is 0 Å². The van der Waals surface area contributed by atoms with Crippen LogP contribution in [-0.4, -0.2) is 80.4 Å². The molecule has 1 N–H and O–H groups in total. The van der Waals surface area contributed by atoms with Gasteiger partial charge in [-0.25, -0.2) is 13.2 Å². The van der Waals surface area contributed by atoms with Gasteiger partial charge < -0.3 is 19.7 Å². The summed E-state index contributed by atoms with van der Waals surface area (Å²) in [5.41, 5.74) is -0.887. The number of benzene rings is 1. The number of hydrogen-bond acceptors (Lipinski definition) is 7. The lowest BCUT2D eigenvalue weighted by atomic mass is 9.91. The summed E-state index contributed by atoms with van der Waals surface area (Å²) < 4.78 is 34.4. The first-order valence-corrected chi connectivity index (χ1v) is 12.3. The number of carbonyl (C=O) groups excluding carboxylic acids is 3. The molecule has 2 unspecified atom stereocenters. The van der Waals surface area contributed by atoms with Crippen LogP contribution in [0.15, 0.2) is 18.2 Å². The van der Waals surface area contributed by atoms with Crippen molar-refractivity contribution >= 4 is 27.7 Å². The number of methoxy groups -OCH3 is 2. The van der Waals surface area contributed by atoms with Crippen LogP contribution in [0.2, 0.25) is 0 Å². The molecule has 3 fully saturated rings. The summed E-state index contributed by atoms with van der Waals surface area (Å²) in [4.78, 5) is 41.6. The van der Waals surface area contributed by atoms with Gasteiger partial charge in [-0.3, -0.25) is 14.5 Å². The Balaban J connectivity index is 1.54. The van der Waals surface area contributed by atoms with Crippen molar-refractivity contribution < 1.29 is 32.3 Å². The minimum atomic E-state index is -3.17. The zero-order chi connectivity index (χ0) is 23.3. The predicted molar refractivity (Wildman–Crippen MR) is 114 cm³/mol. The second-order valence-corrected chi connectivity index (χ2v) is 10.8. The zero-order valence-electron chi connectivity index (χ0n) is 18.3. The minimum Gasteiger partial charge on any atom is -0.493 e. The fourth-order valence-corrected chi connectivity index (χ4v) is 6.16. The molecule has 1 saturated carbocycles.